The molecule has 1 heterocycles. The lowest BCUT2D eigenvalue weighted by Gasteiger charge is -2.24. The molecule has 1 aromatic rings. The Morgan fingerprint density at radius 1 is 1.30 bits per heavy atom. The third kappa shape index (κ3) is 5.06. The number of hydrogen-bond donors (Lipinski definition) is 1. The molecule has 0 bridgehead atoms. The quantitative estimate of drug-likeness (QED) is 0.806. The molecule has 9 heteroatoms. The summed E-state index contributed by atoms with van der Waals surface area (Å²) in [6.45, 7) is -1.15. The first-order valence-electron chi connectivity index (χ1n) is 8.82. The number of nitrogens with zero attached hydrogens (tertiary/aromatic N) is 1. The molecule has 1 saturated heterocycles. The fraction of sp³-hybridized carbons (Fsp3) is 0.556. The Morgan fingerprint density at radius 2 is 2.00 bits per heavy atom. The summed E-state index contributed by atoms with van der Waals surface area (Å²) in [6.07, 6.45) is -0.350. The Morgan fingerprint density at radius 3 is 2.67 bits per heavy atom. The van der Waals surface area contributed by atoms with E-state index < -0.39 is 24.6 Å². The molecule has 1 atom stereocenters. The number of amides is 2. The number of carbonyl (C=O) groups excluding carboxylic acids is 2. The predicted octanol–water partition coefficient (Wildman–Crippen LogP) is 4.01. The van der Waals surface area contributed by atoms with Crippen LogP contribution in [0.1, 0.15) is 32.1 Å². The van der Waals surface area contributed by atoms with Crippen molar-refractivity contribution >= 4 is 29.1 Å². The number of anilines is 1. The first-order valence-corrected chi connectivity index (χ1v) is 9.20. The zero-order valence-corrected chi connectivity index (χ0v) is 15.3. The second kappa shape index (κ2) is 7.96. The van der Waals surface area contributed by atoms with Crippen molar-refractivity contribution in [2.45, 2.75) is 44.3 Å². The van der Waals surface area contributed by atoms with Crippen LogP contribution in [0.15, 0.2) is 18.2 Å². The second-order valence-corrected chi connectivity index (χ2v) is 7.36. The maximum Gasteiger partial charge on any atom is 0.422 e. The molecule has 2 fully saturated rings. The molecule has 1 unspecified atom stereocenters. The summed E-state index contributed by atoms with van der Waals surface area (Å²) < 4.78 is 42.0. The van der Waals surface area contributed by atoms with E-state index in [4.69, 9.17) is 16.3 Å². The van der Waals surface area contributed by atoms with Gasteiger partial charge in [-0.15, -0.1) is 0 Å². The molecule has 1 aliphatic heterocycles. The standard InChI is InChI=1S/C18H20ClF3N2O3/c19-12-5-6-15(27-10-18(20,21)22)14(8-12)23-17(26)11-7-16(25)24(9-11)13-3-1-2-4-13/h5-6,8,11,13H,1-4,7,9-10H2,(H,23,26). The average molecular weight is 405 g/mol. The van der Waals surface area contributed by atoms with Gasteiger partial charge in [-0.05, 0) is 31.0 Å². The van der Waals surface area contributed by atoms with Gasteiger partial charge < -0.3 is 15.0 Å². The number of ether oxygens (including phenoxy) is 1. The highest BCUT2D eigenvalue weighted by atomic mass is 35.5. The number of halogens is 4. The SMILES string of the molecule is O=C(Nc1cc(Cl)ccc1OCC(F)(F)F)C1CC(=O)N(C2CCCC2)C1. The number of rotatable bonds is 5. The van der Waals surface area contributed by atoms with E-state index in [-0.39, 0.29) is 34.8 Å². The van der Waals surface area contributed by atoms with E-state index >= 15 is 0 Å². The van der Waals surface area contributed by atoms with Crippen LogP contribution in [0.3, 0.4) is 0 Å². The van der Waals surface area contributed by atoms with E-state index in [2.05, 4.69) is 5.32 Å². The van der Waals surface area contributed by atoms with Crippen molar-refractivity contribution in [3.05, 3.63) is 23.2 Å². The summed E-state index contributed by atoms with van der Waals surface area (Å²) >= 11 is 5.89. The largest absolute Gasteiger partial charge is 0.482 e. The fourth-order valence-electron chi connectivity index (χ4n) is 3.60. The van der Waals surface area contributed by atoms with Crippen molar-refractivity contribution in [1.29, 1.82) is 0 Å². The van der Waals surface area contributed by atoms with Gasteiger partial charge in [0, 0.05) is 24.0 Å². The molecule has 3 rings (SSSR count). The summed E-state index contributed by atoms with van der Waals surface area (Å²) in [4.78, 5) is 26.6. The van der Waals surface area contributed by atoms with E-state index in [1.807, 2.05) is 0 Å². The molecule has 1 aromatic carbocycles. The highest BCUT2D eigenvalue weighted by Crippen LogP contribution is 2.33. The van der Waals surface area contributed by atoms with Crippen molar-refractivity contribution in [1.82, 2.24) is 4.90 Å². The number of nitrogens with one attached hydrogen (secondary N) is 1. The predicted molar refractivity (Wildman–Crippen MR) is 93.7 cm³/mol. The zero-order valence-electron chi connectivity index (χ0n) is 14.5. The Bertz CT molecular complexity index is 720. The zero-order chi connectivity index (χ0) is 19.6. The van der Waals surface area contributed by atoms with Crippen LogP contribution < -0.4 is 10.1 Å². The number of hydrogen-bond acceptors (Lipinski definition) is 3. The second-order valence-electron chi connectivity index (χ2n) is 6.92. The molecule has 0 spiro atoms. The van der Waals surface area contributed by atoms with Gasteiger partial charge >= 0.3 is 6.18 Å². The molecular weight excluding hydrogens is 385 g/mol. The lowest BCUT2D eigenvalue weighted by atomic mass is 10.1. The topological polar surface area (TPSA) is 58.6 Å². The van der Waals surface area contributed by atoms with Gasteiger partial charge in [-0.2, -0.15) is 13.2 Å². The molecule has 1 aliphatic carbocycles. The van der Waals surface area contributed by atoms with Crippen molar-refractivity contribution in [3.63, 3.8) is 0 Å². The van der Waals surface area contributed by atoms with E-state index in [9.17, 15) is 22.8 Å². The third-order valence-corrected chi connectivity index (χ3v) is 5.12. The monoisotopic (exact) mass is 404 g/mol. The van der Waals surface area contributed by atoms with Crippen molar-refractivity contribution in [2.24, 2.45) is 5.92 Å². The number of alkyl halides is 3. The first kappa shape index (κ1) is 19.8. The van der Waals surface area contributed by atoms with Crippen LogP contribution >= 0.6 is 11.6 Å². The van der Waals surface area contributed by atoms with E-state index in [0.717, 1.165) is 25.7 Å². The van der Waals surface area contributed by atoms with Gasteiger partial charge in [-0.25, -0.2) is 0 Å². The summed E-state index contributed by atoms with van der Waals surface area (Å²) in [5.74, 6) is -1.15. The van der Waals surface area contributed by atoms with Gasteiger partial charge in [-0.1, -0.05) is 24.4 Å². The Labute approximate surface area is 159 Å². The van der Waals surface area contributed by atoms with Crippen LogP contribution in [0.4, 0.5) is 18.9 Å². The number of benzene rings is 1. The maximum atomic E-state index is 12.6. The normalized spacial score (nSPS) is 21.0. The van der Waals surface area contributed by atoms with E-state index in [1.54, 1.807) is 4.90 Å². The summed E-state index contributed by atoms with van der Waals surface area (Å²) in [5, 5.41) is 2.82. The van der Waals surface area contributed by atoms with Gasteiger partial charge in [0.1, 0.15) is 5.75 Å². The van der Waals surface area contributed by atoms with Crippen LogP contribution in [-0.4, -0.2) is 42.1 Å². The first-order chi connectivity index (χ1) is 12.7. The molecule has 0 aromatic heterocycles. The smallest absolute Gasteiger partial charge is 0.422 e. The van der Waals surface area contributed by atoms with Crippen molar-refractivity contribution < 1.29 is 27.5 Å². The Balaban J connectivity index is 1.67. The van der Waals surface area contributed by atoms with Gasteiger partial charge in [0.25, 0.3) is 0 Å². The Hall–Kier alpha value is -1.96. The van der Waals surface area contributed by atoms with Crippen LogP contribution in [-0.2, 0) is 9.59 Å². The molecule has 1 saturated carbocycles. The van der Waals surface area contributed by atoms with Gasteiger partial charge in [0.15, 0.2) is 6.61 Å². The van der Waals surface area contributed by atoms with Crippen LogP contribution in [0.2, 0.25) is 5.02 Å². The van der Waals surface area contributed by atoms with Crippen molar-refractivity contribution in [3.8, 4) is 5.75 Å². The molecule has 1 N–H and O–H groups in total. The summed E-state index contributed by atoms with van der Waals surface area (Å²) in [5.41, 5.74) is 0.0588. The minimum absolute atomic E-state index is 0.0540. The lowest BCUT2D eigenvalue weighted by molar-refractivity contribution is -0.153. The maximum absolute atomic E-state index is 12.6. The summed E-state index contributed by atoms with van der Waals surface area (Å²) in [7, 11) is 0. The van der Waals surface area contributed by atoms with Crippen LogP contribution in [0.5, 0.6) is 5.75 Å². The minimum atomic E-state index is -4.50. The number of likely N-dealkylation sites (tertiary alicyclic amines) is 1. The van der Waals surface area contributed by atoms with E-state index in [0.29, 0.717) is 6.54 Å². The minimum Gasteiger partial charge on any atom is -0.482 e. The third-order valence-electron chi connectivity index (χ3n) is 4.89. The highest BCUT2D eigenvalue weighted by Gasteiger charge is 2.39. The molecule has 5 nitrogen and oxygen atoms in total. The Kier molecular flexibility index (Phi) is 5.83. The summed E-state index contributed by atoms with van der Waals surface area (Å²) in [6, 6.07) is 4.17. The highest BCUT2D eigenvalue weighted by molar-refractivity contribution is 6.31. The molecule has 2 amide bonds. The van der Waals surface area contributed by atoms with Crippen LogP contribution in [0.25, 0.3) is 0 Å². The van der Waals surface area contributed by atoms with Gasteiger partial charge in [-0.3, -0.25) is 9.59 Å². The fourth-order valence-corrected chi connectivity index (χ4v) is 3.77. The average Bonchev–Trinajstić information content (AvgIpc) is 3.22. The van der Waals surface area contributed by atoms with Gasteiger partial charge in [0.2, 0.25) is 11.8 Å². The van der Waals surface area contributed by atoms with Crippen molar-refractivity contribution in [2.75, 3.05) is 18.5 Å². The lowest BCUT2D eigenvalue weighted by Crippen LogP contribution is -2.35. The van der Waals surface area contributed by atoms with Gasteiger partial charge in [0.05, 0.1) is 11.6 Å². The number of carbonyl (C=O) groups is 2. The molecule has 148 valence electrons. The molecule has 0 radical (unpaired) electrons. The molecule has 2 aliphatic rings. The molecular formula is C18H20ClF3N2O3. The van der Waals surface area contributed by atoms with E-state index in [1.165, 1.54) is 18.2 Å². The molecule has 27 heavy (non-hydrogen) atoms. The van der Waals surface area contributed by atoms with Crippen LogP contribution in [0, 0.1) is 5.92 Å².